The number of aromatic nitrogens is 2. The molecule has 1 N–H and O–H groups in total. The Kier molecular flexibility index (Phi) is 4.09. The van der Waals surface area contributed by atoms with Gasteiger partial charge in [0.15, 0.2) is 11.5 Å². The summed E-state index contributed by atoms with van der Waals surface area (Å²) in [7, 11) is 3.27. The summed E-state index contributed by atoms with van der Waals surface area (Å²) in [6.45, 7) is 6.40. The fourth-order valence-corrected chi connectivity index (χ4v) is 2.66. The lowest BCUT2D eigenvalue weighted by molar-refractivity contribution is 0.355. The molecule has 2 heterocycles. The fourth-order valence-electron chi connectivity index (χ4n) is 2.66. The van der Waals surface area contributed by atoms with Gasteiger partial charge in [0.1, 0.15) is 17.2 Å². The van der Waals surface area contributed by atoms with Gasteiger partial charge in [0, 0.05) is 17.3 Å². The maximum Gasteiger partial charge on any atom is 0.161 e. The Bertz CT molecular complexity index is 863. The zero-order valence-electron chi connectivity index (χ0n) is 14.8. The molecule has 3 rings (SSSR count). The van der Waals surface area contributed by atoms with Gasteiger partial charge in [-0.15, -0.1) is 0 Å². The SMILES string of the molecule is COc1ccc(-c2nc3ccccn3c2NC(C)(C)C)cc1OC. The van der Waals surface area contributed by atoms with E-state index in [2.05, 4.69) is 30.5 Å². The number of anilines is 1. The molecule has 2 aromatic heterocycles. The number of hydrogen-bond acceptors (Lipinski definition) is 4. The number of rotatable bonds is 4. The predicted octanol–water partition coefficient (Wildman–Crippen LogP) is 4.23. The number of imidazole rings is 1. The highest BCUT2D eigenvalue weighted by Gasteiger charge is 2.20. The smallest absolute Gasteiger partial charge is 0.161 e. The molecule has 0 aliphatic carbocycles. The van der Waals surface area contributed by atoms with Crippen LogP contribution in [0.25, 0.3) is 16.9 Å². The number of hydrogen-bond donors (Lipinski definition) is 1. The van der Waals surface area contributed by atoms with Crippen LogP contribution in [0, 0.1) is 0 Å². The van der Waals surface area contributed by atoms with E-state index in [1.54, 1.807) is 14.2 Å². The molecule has 0 aliphatic heterocycles. The first kappa shape index (κ1) is 16.2. The molecule has 0 fully saturated rings. The van der Waals surface area contributed by atoms with Gasteiger partial charge in [0.2, 0.25) is 0 Å². The van der Waals surface area contributed by atoms with Gasteiger partial charge in [-0.2, -0.15) is 0 Å². The van der Waals surface area contributed by atoms with Crippen LogP contribution in [-0.4, -0.2) is 29.1 Å². The molecule has 126 valence electrons. The van der Waals surface area contributed by atoms with E-state index < -0.39 is 0 Å². The first-order valence-corrected chi connectivity index (χ1v) is 7.90. The van der Waals surface area contributed by atoms with Gasteiger partial charge in [-0.05, 0) is 51.1 Å². The number of ether oxygens (including phenoxy) is 2. The Labute approximate surface area is 142 Å². The standard InChI is InChI=1S/C19H23N3O2/c1-19(2,3)21-18-17(20-16-8-6-7-11-22(16)18)13-9-10-14(23-4)15(12-13)24-5/h6-12,21H,1-5H3. The Morgan fingerprint density at radius 1 is 1.00 bits per heavy atom. The van der Waals surface area contributed by atoms with E-state index in [4.69, 9.17) is 14.5 Å². The molecule has 0 saturated heterocycles. The zero-order chi connectivity index (χ0) is 17.3. The second kappa shape index (κ2) is 6.07. The summed E-state index contributed by atoms with van der Waals surface area (Å²) in [6, 6.07) is 11.8. The van der Waals surface area contributed by atoms with Gasteiger partial charge in [0.05, 0.1) is 14.2 Å². The Morgan fingerprint density at radius 3 is 2.42 bits per heavy atom. The molecule has 24 heavy (non-hydrogen) atoms. The summed E-state index contributed by atoms with van der Waals surface area (Å²) >= 11 is 0. The highest BCUT2D eigenvalue weighted by molar-refractivity contribution is 5.78. The van der Waals surface area contributed by atoms with Crippen LogP contribution in [-0.2, 0) is 0 Å². The number of nitrogens with zero attached hydrogens (tertiary/aromatic N) is 2. The van der Waals surface area contributed by atoms with Gasteiger partial charge in [0.25, 0.3) is 0 Å². The van der Waals surface area contributed by atoms with Crippen LogP contribution >= 0.6 is 0 Å². The van der Waals surface area contributed by atoms with Crippen LogP contribution in [0.15, 0.2) is 42.6 Å². The highest BCUT2D eigenvalue weighted by Crippen LogP contribution is 2.36. The van der Waals surface area contributed by atoms with Crippen LogP contribution in [0.4, 0.5) is 5.82 Å². The van der Waals surface area contributed by atoms with E-state index in [1.165, 1.54) is 0 Å². The van der Waals surface area contributed by atoms with Crippen molar-refractivity contribution in [3.05, 3.63) is 42.6 Å². The number of benzene rings is 1. The van der Waals surface area contributed by atoms with E-state index in [0.717, 1.165) is 22.7 Å². The number of methoxy groups -OCH3 is 2. The van der Waals surface area contributed by atoms with Crippen molar-refractivity contribution >= 4 is 11.5 Å². The molecule has 5 nitrogen and oxygen atoms in total. The molecule has 1 aromatic carbocycles. The van der Waals surface area contributed by atoms with Crippen molar-refractivity contribution in [1.82, 2.24) is 9.38 Å². The van der Waals surface area contributed by atoms with Crippen LogP contribution in [0.5, 0.6) is 11.5 Å². The molecule has 0 atom stereocenters. The summed E-state index contributed by atoms with van der Waals surface area (Å²) < 4.78 is 12.8. The highest BCUT2D eigenvalue weighted by atomic mass is 16.5. The average Bonchev–Trinajstić information content (AvgIpc) is 2.91. The van der Waals surface area contributed by atoms with Crippen molar-refractivity contribution in [3.63, 3.8) is 0 Å². The van der Waals surface area contributed by atoms with Crippen molar-refractivity contribution < 1.29 is 9.47 Å². The lowest BCUT2D eigenvalue weighted by atomic mass is 10.1. The van der Waals surface area contributed by atoms with Crippen LogP contribution in [0.1, 0.15) is 20.8 Å². The lowest BCUT2D eigenvalue weighted by Crippen LogP contribution is -2.27. The summed E-state index contributed by atoms with van der Waals surface area (Å²) in [5.74, 6) is 2.36. The molecular weight excluding hydrogens is 302 g/mol. The van der Waals surface area contributed by atoms with Crippen LogP contribution in [0.3, 0.4) is 0 Å². The van der Waals surface area contributed by atoms with E-state index in [1.807, 2.05) is 42.6 Å². The minimum Gasteiger partial charge on any atom is -0.493 e. The molecule has 0 unspecified atom stereocenters. The first-order chi connectivity index (χ1) is 11.4. The summed E-state index contributed by atoms with van der Waals surface area (Å²) in [5.41, 5.74) is 2.67. The molecule has 5 heteroatoms. The minimum atomic E-state index is -0.0862. The average molecular weight is 325 g/mol. The molecule has 0 amide bonds. The lowest BCUT2D eigenvalue weighted by Gasteiger charge is -2.22. The second-order valence-corrected chi connectivity index (χ2v) is 6.68. The van der Waals surface area contributed by atoms with E-state index in [9.17, 15) is 0 Å². The Morgan fingerprint density at radius 2 is 1.75 bits per heavy atom. The fraction of sp³-hybridized carbons (Fsp3) is 0.316. The van der Waals surface area contributed by atoms with E-state index in [0.29, 0.717) is 11.5 Å². The van der Waals surface area contributed by atoms with E-state index in [-0.39, 0.29) is 5.54 Å². The van der Waals surface area contributed by atoms with Gasteiger partial charge in [-0.25, -0.2) is 4.98 Å². The van der Waals surface area contributed by atoms with Crippen molar-refractivity contribution in [2.75, 3.05) is 19.5 Å². The molecule has 0 bridgehead atoms. The molecule has 0 radical (unpaired) electrons. The predicted molar refractivity (Wildman–Crippen MR) is 97.1 cm³/mol. The third kappa shape index (κ3) is 3.02. The van der Waals surface area contributed by atoms with Gasteiger partial charge < -0.3 is 14.8 Å². The Balaban J connectivity index is 2.20. The quantitative estimate of drug-likeness (QED) is 0.780. The van der Waals surface area contributed by atoms with Crippen LogP contribution in [0.2, 0.25) is 0 Å². The third-order valence-electron chi connectivity index (χ3n) is 3.68. The summed E-state index contributed by atoms with van der Waals surface area (Å²) in [6.07, 6.45) is 2.01. The van der Waals surface area contributed by atoms with Gasteiger partial charge in [-0.1, -0.05) is 6.07 Å². The summed E-state index contributed by atoms with van der Waals surface area (Å²) in [5, 5.41) is 3.57. The second-order valence-electron chi connectivity index (χ2n) is 6.68. The van der Waals surface area contributed by atoms with Crippen molar-refractivity contribution in [2.45, 2.75) is 26.3 Å². The topological polar surface area (TPSA) is 47.8 Å². The molecule has 3 aromatic rings. The molecule has 0 saturated carbocycles. The largest absolute Gasteiger partial charge is 0.493 e. The van der Waals surface area contributed by atoms with Gasteiger partial charge >= 0.3 is 0 Å². The normalized spacial score (nSPS) is 11.5. The maximum atomic E-state index is 5.43. The summed E-state index contributed by atoms with van der Waals surface area (Å²) in [4.78, 5) is 4.80. The maximum absolute atomic E-state index is 5.43. The number of pyridine rings is 1. The van der Waals surface area contributed by atoms with Crippen molar-refractivity contribution in [1.29, 1.82) is 0 Å². The monoisotopic (exact) mass is 325 g/mol. The minimum absolute atomic E-state index is 0.0862. The van der Waals surface area contributed by atoms with Crippen molar-refractivity contribution in [2.24, 2.45) is 0 Å². The molecule has 0 spiro atoms. The van der Waals surface area contributed by atoms with Gasteiger partial charge in [-0.3, -0.25) is 4.40 Å². The van der Waals surface area contributed by atoms with E-state index >= 15 is 0 Å². The first-order valence-electron chi connectivity index (χ1n) is 7.90. The Hall–Kier alpha value is -2.69. The molecular formula is C19H23N3O2. The zero-order valence-corrected chi connectivity index (χ0v) is 14.8. The van der Waals surface area contributed by atoms with Crippen LogP contribution < -0.4 is 14.8 Å². The number of fused-ring (bicyclic) bond motifs is 1. The van der Waals surface area contributed by atoms with Crippen molar-refractivity contribution in [3.8, 4) is 22.8 Å². The third-order valence-corrected chi connectivity index (χ3v) is 3.68. The molecule has 0 aliphatic rings. The number of nitrogens with one attached hydrogen (secondary N) is 1.